The zero-order valence-corrected chi connectivity index (χ0v) is 18.6. The molecule has 0 unspecified atom stereocenters. The van der Waals surface area contributed by atoms with Gasteiger partial charge in [0.05, 0.1) is 29.0 Å². The van der Waals surface area contributed by atoms with E-state index in [-0.39, 0.29) is 39.0 Å². The molecular weight excluding hydrogens is 464 g/mol. The van der Waals surface area contributed by atoms with Crippen molar-refractivity contribution in [1.29, 1.82) is 0 Å². The van der Waals surface area contributed by atoms with Crippen LogP contribution in [0.5, 0.6) is 11.5 Å². The smallest absolute Gasteiger partial charge is 0.287 e. The minimum absolute atomic E-state index is 0.0120. The Bertz CT molecular complexity index is 1280. The van der Waals surface area contributed by atoms with Crippen molar-refractivity contribution < 1.29 is 24.4 Å². The van der Waals surface area contributed by atoms with Gasteiger partial charge in [0, 0.05) is 11.6 Å². The first-order chi connectivity index (χ1) is 16.3. The molecule has 0 aliphatic heterocycles. The van der Waals surface area contributed by atoms with Crippen LogP contribution in [0.1, 0.15) is 33.2 Å². The Labute approximate surface area is 199 Å². The standard InChI is InChI=1S/C23H19ClN4O6/c1-2-34-21-11-14(7-10-20(21)29)13-25-27-23(31)16-5-3-4-6-18(16)26-22(30)15-8-9-19(28(32)33)17(24)12-15/h3-13,29H,2H2,1H3,(H,26,30)(H,27,31)/b25-13+. The van der Waals surface area contributed by atoms with E-state index in [2.05, 4.69) is 15.8 Å². The van der Waals surface area contributed by atoms with E-state index in [1.807, 2.05) is 0 Å². The molecule has 0 spiro atoms. The lowest BCUT2D eigenvalue weighted by molar-refractivity contribution is -0.384. The molecule has 0 aromatic heterocycles. The Balaban J connectivity index is 1.72. The fourth-order valence-corrected chi connectivity index (χ4v) is 3.14. The van der Waals surface area contributed by atoms with Crippen molar-refractivity contribution >= 4 is 41.0 Å². The Morgan fingerprint density at radius 2 is 1.91 bits per heavy atom. The second-order valence-electron chi connectivity index (χ2n) is 6.78. The predicted octanol–water partition coefficient (Wildman–Crippen LogP) is 4.37. The van der Waals surface area contributed by atoms with Gasteiger partial charge in [0.15, 0.2) is 11.5 Å². The van der Waals surface area contributed by atoms with Crippen LogP contribution in [0.15, 0.2) is 65.8 Å². The molecule has 0 aliphatic carbocycles. The number of benzene rings is 3. The van der Waals surface area contributed by atoms with Crippen molar-refractivity contribution in [2.24, 2.45) is 5.10 Å². The van der Waals surface area contributed by atoms with Gasteiger partial charge in [-0.15, -0.1) is 0 Å². The number of nitro benzene ring substituents is 1. The monoisotopic (exact) mass is 482 g/mol. The molecule has 0 saturated heterocycles. The molecule has 174 valence electrons. The number of nitrogens with zero attached hydrogens (tertiary/aromatic N) is 2. The second kappa shape index (κ2) is 10.9. The molecule has 3 aromatic carbocycles. The maximum Gasteiger partial charge on any atom is 0.287 e. The van der Waals surface area contributed by atoms with Crippen LogP contribution in [0.2, 0.25) is 5.02 Å². The highest BCUT2D eigenvalue weighted by Gasteiger charge is 2.17. The third-order valence-electron chi connectivity index (χ3n) is 4.49. The number of amides is 2. The molecule has 0 saturated carbocycles. The summed E-state index contributed by atoms with van der Waals surface area (Å²) in [7, 11) is 0. The van der Waals surface area contributed by atoms with Gasteiger partial charge in [-0.2, -0.15) is 5.10 Å². The summed E-state index contributed by atoms with van der Waals surface area (Å²) in [4.78, 5) is 35.5. The van der Waals surface area contributed by atoms with E-state index < -0.39 is 16.7 Å². The molecule has 0 atom stereocenters. The number of nitro groups is 1. The number of hydrazone groups is 1. The summed E-state index contributed by atoms with van der Waals surface area (Å²) in [6.07, 6.45) is 1.37. The number of hydrogen-bond donors (Lipinski definition) is 3. The van der Waals surface area contributed by atoms with Gasteiger partial charge in [-0.25, -0.2) is 5.43 Å². The third-order valence-corrected chi connectivity index (χ3v) is 4.79. The molecule has 0 aliphatic rings. The number of hydrogen-bond acceptors (Lipinski definition) is 7. The fourth-order valence-electron chi connectivity index (χ4n) is 2.89. The highest BCUT2D eigenvalue weighted by molar-refractivity contribution is 6.33. The normalized spacial score (nSPS) is 10.6. The van der Waals surface area contributed by atoms with Crippen LogP contribution in [0.25, 0.3) is 0 Å². The minimum Gasteiger partial charge on any atom is -0.504 e. The maximum atomic E-state index is 12.6. The van der Waals surface area contributed by atoms with E-state index in [0.29, 0.717) is 12.2 Å². The van der Waals surface area contributed by atoms with Crippen LogP contribution in [0, 0.1) is 10.1 Å². The topological polar surface area (TPSA) is 143 Å². The maximum absolute atomic E-state index is 12.6. The Hall–Kier alpha value is -4.44. The summed E-state index contributed by atoms with van der Waals surface area (Å²) in [5, 5.41) is 27.0. The number of aromatic hydroxyl groups is 1. The molecular formula is C23H19ClN4O6. The summed E-state index contributed by atoms with van der Waals surface area (Å²) in [6, 6.07) is 14.4. The van der Waals surface area contributed by atoms with E-state index in [1.54, 1.807) is 31.2 Å². The van der Waals surface area contributed by atoms with E-state index in [4.69, 9.17) is 16.3 Å². The van der Waals surface area contributed by atoms with Crippen molar-refractivity contribution in [2.75, 3.05) is 11.9 Å². The number of nitrogens with one attached hydrogen (secondary N) is 2. The lowest BCUT2D eigenvalue weighted by Crippen LogP contribution is -2.21. The lowest BCUT2D eigenvalue weighted by Gasteiger charge is -2.10. The highest BCUT2D eigenvalue weighted by Crippen LogP contribution is 2.27. The SMILES string of the molecule is CCOc1cc(/C=N/NC(=O)c2ccccc2NC(=O)c2ccc([N+](=O)[O-])c(Cl)c2)ccc1O. The molecule has 2 amide bonds. The lowest BCUT2D eigenvalue weighted by atomic mass is 10.1. The fraction of sp³-hybridized carbons (Fsp3) is 0.0870. The van der Waals surface area contributed by atoms with Crippen molar-refractivity contribution in [3.05, 3.63) is 92.5 Å². The Kier molecular flexibility index (Phi) is 7.78. The molecule has 0 heterocycles. The van der Waals surface area contributed by atoms with Crippen LogP contribution >= 0.6 is 11.6 Å². The molecule has 0 radical (unpaired) electrons. The Morgan fingerprint density at radius 3 is 2.62 bits per heavy atom. The molecule has 0 bridgehead atoms. The van der Waals surface area contributed by atoms with Crippen LogP contribution in [0.4, 0.5) is 11.4 Å². The van der Waals surface area contributed by atoms with Crippen LogP contribution < -0.4 is 15.5 Å². The number of anilines is 1. The first-order valence-corrected chi connectivity index (χ1v) is 10.3. The van der Waals surface area contributed by atoms with E-state index in [9.17, 15) is 24.8 Å². The molecule has 3 rings (SSSR count). The first-order valence-electron chi connectivity index (χ1n) is 9.93. The molecule has 3 N–H and O–H groups in total. The van der Waals surface area contributed by atoms with Crippen molar-refractivity contribution in [3.8, 4) is 11.5 Å². The number of para-hydroxylation sites is 1. The quantitative estimate of drug-likeness (QED) is 0.247. The van der Waals surface area contributed by atoms with E-state index >= 15 is 0 Å². The number of carbonyl (C=O) groups excluding carboxylic acids is 2. The Morgan fingerprint density at radius 1 is 1.15 bits per heavy atom. The van der Waals surface area contributed by atoms with Crippen LogP contribution in [-0.4, -0.2) is 34.7 Å². The summed E-state index contributed by atoms with van der Waals surface area (Å²) in [5.74, 6) is -0.912. The molecule has 10 nitrogen and oxygen atoms in total. The molecule has 34 heavy (non-hydrogen) atoms. The van der Waals surface area contributed by atoms with Crippen molar-refractivity contribution in [3.63, 3.8) is 0 Å². The molecule has 0 fully saturated rings. The van der Waals surface area contributed by atoms with Crippen molar-refractivity contribution in [1.82, 2.24) is 5.43 Å². The number of phenolic OH excluding ortho intramolecular Hbond substituents is 1. The van der Waals surface area contributed by atoms with Gasteiger partial charge in [-0.1, -0.05) is 23.7 Å². The van der Waals surface area contributed by atoms with Gasteiger partial charge in [-0.05, 0) is 55.0 Å². The van der Waals surface area contributed by atoms with Gasteiger partial charge in [0.25, 0.3) is 17.5 Å². The van der Waals surface area contributed by atoms with Gasteiger partial charge >= 0.3 is 0 Å². The zero-order valence-electron chi connectivity index (χ0n) is 17.8. The van der Waals surface area contributed by atoms with Crippen molar-refractivity contribution in [2.45, 2.75) is 6.92 Å². The highest BCUT2D eigenvalue weighted by atomic mass is 35.5. The van der Waals surface area contributed by atoms with Crippen LogP contribution in [-0.2, 0) is 0 Å². The molecule has 11 heteroatoms. The first kappa shape index (κ1) is 24.2. The zero-order chi connectivity index (χ0) is 24.7. The summed E-state index contributed by atoms with van der Waals surface area (Å²) >= 11 is 5.87. The van der Waals surface area contributed by atoms with Gasteiger partial charge in [-0.3, -0.25) is 19.7 Å². The number of phenols is 1. The van der Waals surface area contributed by atoms with Gasteiger partial charge in [0.1, 0.15) is 5.02 Å². The van der Waals surface area contributed by atoms with Gasteiger partial charge in [0.2, 0.25) is 0 Å². The number of rotatable bonds is 8. The number of carbonyl (C=O) groups is 2. The largest absolute Gasteiger partial charge is 0.504 e. The van der Waals surface area contributed by atoms with Gasteiger partial charge < -0.3 is 15.2 Å². The third kappa shape index (κ3) is 5.87. The number of halogens is 1. The molecule has 3 aromatic rings. The van der Waals surface area contributed by atoms with Crippen LogP contribution in [0.3, 0.4) is 0 Å². The van der Waals surface area contributed by atoms with E-state index in [0.717, 1.165) is 6.07 Å². The average Bonchev–Trinajstić information content (AvgIpc) is 2.81. The summed E-state index contributed by atoms with van der Waals surface area (Å²) in [5.41, 5.74) is 3.07. The second-order valence-corrected chi connectivity index (χ2v) is 7.19. The average molecular weight is 483 g/mol. The van der Waals surface area contributed by atoms with E-state index in [1.165, 1.54) is 36.5 Å². The minimum atomic E-state index is -0.653. The predicted molar refractivity (Wildman–Crippen MR) is 127 cm³/mol. The number of ether oxygens (including phenoxy) is 1. The summed E-state index contributed by atoms with van der Waals surface area (Å²) < 4.78 is 5.31. The summed E-state index contributed by atoms with van der Waals surface area (Å²) in [6.45, 7) is 2.16.